The van der Waals surface area contributed by atoms with Crippen LogP contribution in [0.4, 0.5) is 8.78 Å². The van der Waals surface area contributed by atoms with Crippen LogP contribution in [0, 0.1) is 53.2 Å². The SMILES string of the molecule is Cc1ccc2c(c1)[nH]c1cc(C)ccc12.Cc1ccc2c3ccc(C)cc3n(-c3cc(Br)c(Cl)c(-n4c5cc(C)ccc5c5ccc(C)cc54)c3)c2c1.Fc1cc(F)c(Cl)c(Br)c1. The number of benzene rings is 8. The van der Waals surface area contributed by atoms with E-state index >= 15 is 0 Å². The molecule has 11 rings (SSSR count). The standard InChI is InChI=1S/C34H26BrClN2.C14H13N.C6H2BrClF2/c1-19-5-9-24-25-10-6-20(2)14-30(25)37(29(24)13-19)23-17-28(35)34(36)33(18-23)38-31-15-21(3)7-11-26(31)27-12-8-22(4)16-32(27)38;1-9-3-5-11-12-6-4-10(2)8-14(12)15-13(11)7-9;7-4-1-3(9)2-5(10)6(4)8/h5-18H,1-4H3;3-8,15H,1-2H3;1-2H. The van der Waals surface area contributed by atoms with Crippen LogP contribution in [0.3, 0.4) is 0 Å². The molecular weight excluding hydrogens is 959 g/mol. The Kier molecular flexibility index (Phi) is 11.5. The Morgan fingerprint density at radius 2 is 0.778 bits per heavy atom. The number of hydrogen-bond acceptors (Lipinski definition) is 0. The van der Waals surface area contributed by atoms with Gasteiger partial charge in [0.1, 0.15) is 11.6 Å². The van der Waals surface area contributed by atoms with Gasteiger partial charge >= 0.3 is 0 Å². The van der Waals surface area contributed by atoms with E-state index in [1.807, 2.05) is 0 Å². The molecule has 0 aliphatic rings. The van der Waals surface area contributed by atoms with E-state index in [1.165, 1.54) is 87.8 Å². The molecule has 3 nitrogen and oxygen atoms in total. The van der Waals surface area contributed by atoms with Crippen molar-refractivity contribution in [2.45, 2.75) is 41.5 Å². The summed E-state index contributed by atoms with van der Waals surface area (Å²) in [7, 11) is 0. The van der Waals surface area contributed by atoms with Gasteiger partial charge in [-0.3, -0.25) is 0 Å². The first kappa shape index (κ1) is 42.8. The van der Waals surface area contributed by atoms with E-state index in [0.29, 0.717) is 5.02 Å². The van der Waals surface area contributed by atoms with Gasteiger partial charge in [0, 0.05) is 64.0 Å². The normalized spacial score (nSPS) is 11.5. The predicted molar refractivity (Wildman–Crippen MR) is 271 cm³/mol. The Bertz CT molecular complexity index is 3420. The van der Waals surface area contributed by atoms with Crippen LogP contribution in [0.25, 0.3) is 76.8 Å². The average Bonchev–Trinajstić information content (AvgIpc) is 3.86. The van der Waals surface area contributed by atoms with Gasteiger partial charge in [0.2, 0.25) is 0 Å². The molecule has 3 heterocycles. The molecule has 0 saturated carbocycles. The third-order valence-corrected chi connectivity index (χ3v) is 14.0. The van der Waals surface area contributed by atoms with Crippen molar-refractivity contribution in [2.75, 3.05) is 0 Å². The maximum Gasteiger partial charge on any atom is 0.145 e. The molecule has 0 radical (unpaired) electrons. The van der Waals surface area contributed by atoms with E-state index in [1.54, 1.807) is 0 Å². The molecular formula is C54H41Br2Cl2F2N3. The zero-order valence-corrected chi connectivity index (χ0v) is 40.0. The molecule has 1 N–H and O–H groups in total. The number of nitrogens with one attached hydrogen (secondary N) is 1. The summed E-state index contributed by atoms with van der Waals surface area (Å²) in [6.07, 6.45) is 0. The molecule has 63 heavy (non-hydrogen) atoms. The zero-order valence-electron chi connectivity index (χ0n) is 35.4. The first-order valence-electron chi connectivity index (χ1n) is 20.5. The zero-order chi connectivity index (χ0) is 44.4. The average molecular weight is 1000 g/mol. The second kappa shape index (κ2) is 16.9. The summed E-state index contributed by atoms with van der Waals surface area (Å²) in [5, 5.41) is 8.19. The maximum atomic E-state index is 12.4. The van der Waals surface area contributed by atoms with E-state index in [0.717, 1.165) is 39.0 Å². The Morgan fingerprint density at radius 1 is 0.413 bits per heavy atom. The van der Waals surface area contributed by atoms with E-state index in [9.17, 15) is 8.78 Å². The van der Waals surface area contributed by atoms with Gasteiger partial charge in [0.15, 0.2) is 0 Å². The highest BCUT2D eigenvalue weighted by Crippen LogP contribution is 2.41. The van der Waals surface area contributed by atoms with Crippen molar-refractivity contribution < 1.29 is 8.78 Å². The van der Waals surface area contributed by atoms with Crippen LogP contribution < -0.4 is 0 Å². The van der Waals surface area contributed by atoms with E-state index in [2.05, 4.69) is 209 Å². The van der Waals surface area contributed by atoms with Gasteiger partial charge in [-0.15, -0.1) is 0 Å². The van der Waals surface area contributed by atoms with Gasteiger partial charge in [0.05, 0.1) is 37.8 Å². The van der Waals surface area contributed by atoms with Crippen LogP contribution in [-0.4, -0.2) is 14.1 Å². The molecule has 9 heteroatoms. The molecule has 11 aromatic rings. The Hall–Kier alpha value is -5.44. The quantitative estimate of drug-likeness (QED) is 0.132. The summed E-state index contributed by atoms with van der Waals surface area (Å²) >= 11 is 19.2. The van der Waals surface area contributed by atoms with Crippen molar-refractivity contribution in [1.29, 1.82) is 0 Å². The number of aromatic amines is 1. The van der Waals surface area contributed by atoms with E-state index in [4.69, 9.17) is 23.2 Å². The monoisotopic (exact) mass is 997 g/mol. The van der Waals surface area contributed by atoms with E-state index in [-0.39, 0.29) is 9.50 Å². The lowest BCUT2D eigenvalue weighted by Gasteiger charge is -2.16. The third-order valence-electron chi connectivity index (χ3n) is 11.5. The van der Waals surface area contributed by atoms with Crippen molar-refractivity contribution >= 4 is 120 Å². The molecule has 0 spiro atoms. The first-order valence-corrected chi connectivity index (χ1v) is 22.8. The molecule has 0 fully saturated rings. The van der Waals surface area contributed by atoms with Crippen molar-refractivity contribution in [3.63, 3.8) is 0 Å². The lowest BCUT2D eigenvalue weighted by molar-refractivity contribution is 0.582. The van der Waals surface area contributed by atoms with Gasteiger partial charge in [-0.05, 0) is 161 Å². The van der Waals surface area contributed by atoms with Gasteiger partial charge in [-0.25, -0.2) is 8.78 Å². The van der Waals surface area contributed by atoms with Crippen molar-refractivity contribution in [3.05, 3.63) is 197 Å². The molecule has 3 aromatic heterocycles. The van der Waals surface area contributed by atoms with Crippen LogP contribution in [0.2, 0.25) is 10.0 Å². The number of halogens is 6. The highest BCUT2D eigenvalue weighted by Gasteiger charge is 2.20. The fourth-order valence-corrected chi connectivity index (χ4v) is 9.68. The molecule has 0 saturated heterocycles. The summed E-state index contributed by atoms with van der Waals surface area (Å²) in [6, 6.07) is 46.1. The minimum absolute atomic E-state index is 0.0959. The summed E-state index contributed by atoms with van der Waals surface area (Å²) < 4.78 is 30.5. The third kappa shape index (κ3) is 8.06. The highest BCUT2D eigenvalue weighted by atomic mass is 79.9. The molecule has 0 aliphatic heterocycles. The Morgan fingerprint density at radius 3 is 1.19 bits per heavy atom. The summed E-state index contributed by atoms with van der Waals surface area (Å²) in [6.45, 7) is 12.8. The molecule has 0 aliphatic carbocycles. The number of aromatic nitrogens is 3. The number of H-pyrrole nitrogens is 1. The maximum absolute atomic E-state index is 12.4. The van der Waals surface area contributed by atoms with Gasteiger partial charge < -0.3 is 14.1 Å². The van der Waals surface area contributed by atoms with Crippen LogP contribution >= 0.6 is 55.1 Å². The van der Waals surface area contributed by atoms with Crippen molar-refractivity contribution in [1.82, 2.24) is 14.1 Å². The molecule has 0 unspecified atom stereocenters. The molecule has 314 valence electrons. The second-order valence-corrected chi connectivity index (χ2v) is 18.9. The lowest BCUT2D eigenvalue weighted by Crippen LogP contribution is -2.01. The van der Waals surface area contributed by atoms with Crippen LogP contribution in [0.5, 0.6) is 0 Å². The number of hydrogen-bond donors (Lipinski definition) is 1. The first-order chi connectivity index (χ1) is 30.1. The molecule has 8 aromatic carbocycles. The molecule has 0 bridgehead atoms. The number of aryl methyl sites for hydroxylation is 6. The summed E-state index contributed by atoms with van der Waals surface area (Å²) in [5.74, 6) is -1.40. The fourth-order valence-electron chi connectivity index (χ4n) is 8.53. The Labute approximate surface area is 391 Å². The van der Waals surface area contributed by atoms with Crippen molar-refractivity contribution in [2.24, 2.45) is 0 Å². The lowest BCUT2D eigenvalue weighted by atomic mass is 10.1. The fraction of sp³-hybridized carbons (Fsp3) is 0.111. The summed E-state index contributed by atoms with van der Waals surface area (Å²) in [4.78, 5) is 3.46. The number of fused-ring (bicyclic) bond motifs is 9. The Balaban J connectivity index is 0.000000164. The minimum Gasteiger partial charge on any atom is -0.354 e. The topological polar surface area (TPSA) is 25.6 Å². The van der Waals surface area contributed by atoms with Gasteiger partial charge in [-0.2, -0.15) is 0 Å². The van der Waals surface area contributed by atoms with Crippen LogP contribution in [-0.2, 0) is 0 Å². The smallest absolute Gasteiger partial charge is 0.145 e. The number of rotatable bonds is 2. The van der Waals surface area contributed by atoms with Gasteiger partial charge in [-0.1, -0.05) is 96.0 Å². The van der Waals surface area contributed by atoms with Gasteiger partial charge in [0.25, 0.3) is 0 Å². The largest absolute Gasteiger partial charge is 0.354 e. The van der Waals surface area contributed by atoms with Crippen LogP contribution in [0.15, 0.2) is 142 Å². The molecule has 0 amide bonds. The van der Waals surface area contributed by atoms with Crippen molar-refractivity contribution in [3.8, 4) is 11.4 Å². The van der Waals surface area contributed by atoms with E-state index < -0.39 is 11.6 Å². The second-order valence-electron chi connectivity index (χ2n) is 16.4. The van der Waals surface area contributed by atoms with Crippen LogP contribution in [0.1, 0.15) is 33.4 Å². The predicted octanol–water partition coefficient (Wildman–Crippen LogP) is 17.8. The molecule has 0 atom stereocenters. The number of nitrogens with zero attached hydrogens (tertiary/aromatic N) is 2. The minimum atomic E-state index is -0.756. The summed E-state index contributed by atoms with van der Waals surface area (Å²) in [5.41, 5.74) is 16.7. The highest BCUT2D eigenvalue weighted by molar-refractivity contribution is 9.10.